The van der Waals surface area contributed by atoms with E-state index in [-0.39, 0.29) is 27.6 Å². The fourth-order valence-corrected chi connectivity index (χ4v) is 5.31. The molecule has 3 aromatic carbocycles. The van der Waals surface area contributed by atoms with Gasteiger partial charge in [-0.1, -0.05) is 17.7 Å². The van der Waals surface area contributed by atoms with Crippen molar-refractivity contribution in [3.8, 4) is 11.5 Å². The van der Waals surface area contributed by atoms with Gasteiger partial charge >= 0.3 is 5.97 Å². The Hall–Kier alpha value is -3.70. The van der Waals surface area contributed by atoms with E-state index >= 15 is 0 Å². The summed E-state index contributed by atoms with van der Waals surface area (Å²) in [5, 5.41) is 2.62. The minimum absolute atomic E-state index is 0.0193. The normalized spacial score (nSPS) is 10.9. The highest BCUT2D eigenvalue weighted by atomic mass is 32.2. The molecule has 0 heterocycles. The Kier molecular flexibility index (Phi) is 9.06. The molecule has 0 saturated carbocycles. The van der Waals surface area contributed by atoms with Crippen LogP contribution in [0.4, 0.5) is 11.4 Å². The maximum absolute atomic E-state index is 13.6. The third-order valence-corrected chi connectivity index (χ3v) is 7.99. The van der Waals surface area contributed by atoms with Crippen molar-refractivity contribution >= 4 is 45.0 Å². The Labute approximate surface area is 220 Å². The van der Waals surface area contributed by atoms with E-state index in [1.165, 1.54) is 57.4 Å². The number of rotatable bonds is 10. The second-order valence-corrected chi connectivity index (χ2v) is 10.6. The quantitative estimate of drug-likeness (QED) is 0.296. The van der Waals surface area contributed by atoms with Gasteiger partial charge in [0.15, 0.2) is 11.5 Å². The van der Waals surface area contributed by atoms with E-state index in [4.69, 9.17) is 14.2 Å². The van der Waals surface area contributed by atoms with Crippen molar-refractivity contribution in [2.45, 2.75) is 16.7 Å². The highest BCUT2D eigenvalue weighted by Crippen LogP contribution is 2.34. The molecule has 0 aliphatic carbocycles. The summed E-state index contributed by atoms with van der Waals surface area (Å²) in [5.41, 5.74) is 1.35. The number of esters is 1. The molecule has 0 atom stereocenters. The molecule has 3 rings (SSSR count). The first kappa shape index (κ1) is 27.9. The topological polar surface area (TPSA) is 111 Å². The molecule has 1 N–H and O–H groups in total. The van der Waals surface area contributed by atoms with Crippen LogP contribution in [0.25, 0.3) is 0 Å². The summed E-state index contributed by atoms with van der Waals surface area (Å²) in [4.78, 5) is 26.5. The monoisotopic (exact) mass is 544 g/mol. The van der Waals surface area contributed by atoms with Crippen molar-refractivity contribution in [2.75, 3.05) is 43.8 Å². The van der Waals surface area contributed by atoms with Crippen LogP contribution in [0.1, 0.15) is 15.9 Å². The van der Waals surface area contributed by atoms with Gasteiger partial charge in [0.1, 0.15) is 6.54 Å². The SMILES string of the molecule is COC(=O)c1cc(OC)c(OC)cc1NC(=O)CN(c1ccc(C)cc1)S(=O)(=O)c1ccc(SC)cc1. The molecule has 0 unspecified atom stereocenters. The summed E-state index contributed by atoms with van der Waals surface area (Å²) < 4.78 is 43.7. The Morgan fingerprint density at radius 3 is 2.05 bits per heavy atom. The highest BCUT2D eigenvalue weighted by molar-refractivity contribution is 7.98. The van der Waals surface area contributed by atoms with Crippen molar-refractivity contribution in [3.05, 3.63) is 71.8 Å². The Morgan fingerprint density at radius 1 is 0.919 bits per heavy atom. The number of aryl methyl sites for hydroxylation is 1. The number of anilines is 2. The zero-order chi connectivity index (χ0) is 27.2. The number of ether oxygens (including phenoxy) is 3. The number of nitrogens with zero attached hydrogens (tertiary/aromatic N) is 1. The zero-order valence-corrected chi connectivity index (χ0v) is 22.7. The molecular weight excluding hydrogens is 516 g/mol. The summed E-state index contributed by atoms with van der Waals surface area (Å²) in [5.74, 6) is -0.865. The number of hydrogen-bond acceptors (Lipinski definition) is 8. The largest absolute Gasteiger partial charge is 0.493 e. The average Bonchev–Trinajstić information content (AvgIpc) is 2.91. The van der Waals surface area contributed by atoms with Crippen LogP contribution in [0.3, 0.4) is 0 Å². The first-order valence-corrected chi connectivity index (χ1v) is 13.7. The highest BCUT2D eigenvalue weighted by Gasteiger charge is 2.28. The van der Waals surface area contributed by atoms with E-state index < -0.39 is 28.4 Å². The van der Waals surface area contributed by atoms with Crippen LogP contribution in [-0.2, 0) is 19.6 Å². The van der Waals surface area contributed by atoms with Gasteiger partial charge in [0.2, 0.25) is 5.91 Å². The number of hydrogen-bond donors (Lipinski definition) is 1. The first-order chi connectivity index (χ1) is 17.6. The van der Waals surface area contributed by atoms with Gasteiger partial charge in [0.05, 0.1) is 43.2 Å². The fraction of sp³-hybridized carbons (Fsp3) is 0.231. The number of nitrogens with one attached hydrogen (secondary N) is 1. The van der Waals surface area contributed by atoms with Crippen molar-refractivity contribution in [2.24, 2.45) is 0 Å². The van der Waals surface area contributed by atoms with Crippen molar-refractivity contribution in [1.82, 2.24) is 0 Å². The van der Waals surface area contributed by atoms with Gasteiger partial charge in [-0.2, -0.15) is 0 Å². The molecule has 9 nitrogen and oxygen atoms in total. The van der Waals surface area contributed by atoms with Crippen LogP contribution in [0, 0.1) is 6.92 Å². The summed E-state index contributed by atoms with van der Waals surface area (Å²) >= 11 is 1.49. The Morgan fingerprint density at radius 2 is 1.51 bits per heavy atom. The number of thioether (sulfide) groups is 1. The maximum Gasteiger partial charge on any atom is 0.340 e. The molecule has 37 heavy (non-hydrogen) atoms. The third kappa shape index (κ3) is 6.36. The molecule has 0 saturated heterocycles. The van der Waals surface area contributed by atoms with E-state index in [1.807, 2.05) is 13.2 Å². The van der Waals surface area contributed by atoms with Gasteiger partial charge in [-0.3, -0.25) is 9.10 Å². The molecule has 0 aliphatic heterocycles. The molecule has 0 bridgehead atoms. The van der Waals surface area contributed by atoms with Gasteiger partial charge in [-0.25, -0.2) is 13.2 Å². The predicted molar refractivity (Wildman–Crippen MR) is 143 cm³/mol. The molecule has 0 aliphatic rings. The van der Waals surface area contributed by atoms with Gasteiger partial charge in [-0.05, 0) is 49.6 Å². The number of amides is 1. The van der Waals surface area contributed by atoms with Crippen LogP contribution in [0.2, 0.25) is 0 Å². The molecular formula is C26H28N2O7S2. The lowest BCUT2D eigenvalue weighted by Gasteiger charge is -2.24. The summed E-state index contributed by atoms with van der Waals surface area (Å²) in [6.45, 7) is 1.33. The van der Waals surface area contributed by atoms with Crippen LogP contribution < -0.4 is 19.1 Å². The Bertz CT molecular complexity index is 1370. The molecule has 1 amide bonds. The summed E-state index contributed by atoms with van der Waals surface area (Å²) in [6.07, 6.45) is 1.89. The van der Waals surface area contributed by atoms with E-state index in [2.05, 4.69) is 5.32 Å². The lowest BCUT2D eigenvalue weighted by molar-refractivity contribution is -0.114. The molecule has 0 radical (unpaired) electrons. The van der Waals surface area contributed by atoms with E-state index in [0.717, 1.165) is 14.8 Å². The fourth-order valence-electron chi connectivity index (χ4n) is 3.48. The van der Waals surface area contributed by atoms with E-state index in [9.17, 15) is 18.0 Å². The lowest BCUT2D eigenvalue weighted by atomic mass is 10.1. The van der Waals surface area contributed by atoms with Crippen LogP contribution in [-0.4, -0.2) is 54.4 Å². The van der Waals surface area contributed by atoms with Crippen LogP contribution >= 0.6 is 11.8 Å². The predicted octanol–water partition coefficient (Wildman–Crippen LogP) is 4.35. The number of sulfonamides is 1. The number of carbonyl (C=O) groups is 2. The zero-order valence-electron chi connectivity index (χ0n) is 21.1. The van der Waals surface area contributed by atoms with E-state index in [0.29, 0.717) is 5.69 Å². The number of carbonyl (C=O) groups excluding carboxylic acids is 2. The molecule has 0 spiro atoms. The lowest BCUT2D eigenvalue weighted by Crippen LogP contribution is -2.38. The minimum atomic E-state index is -4.11. The van der Waals surface area contributed by atoms with Crippen LogP contribution in [0.15, 0.2) is 70.5 Å². The maximum atomic E-state index is 13.6. The number of methoxy groups -OCH3 is 3. The Balaban J connectivity index is 2.00. The smallest absolute Gasteiger partial charge is 0.340 e. The van der Waals surface area contributed by atoms with Gasteiger partial charge in [-0.15, -0.1) is 11.8 Å². The molecule has 0 fully saturated rings. The molecule has 196 valence electrons. The summed E-state index contributed by atoms with van der Waals surface area (Å²) in [7, 11) is -0.0781. The van der Waals surface area contributed by atoms with Crippen molar-refractivity contribution in [1.29, 1.82) is 0 Å². The first-order valence-electron chi connectivity index (χ1n) is 11.0. The standard InChI is InChI=1S/C26H28N2O7S2/c1-17-6-8-18(9-7-17)28(37(31,32)20-12-10-19(36-5)11-13-20)16-25(29)27-22-15-24(34-3)23(33-2)14-21(22)26(30)35-4/h6-15H,16H2,1-5H3,(H,27,29). The third-order valence-electron chi connectivity index (χ3n) is 5.46. The van der Waals surface area contributed by atoms with Gasteiger partial charge in [0, 0.05) is 17.0 Å². The van der Waals surface area contributed by atoms with Crippen molar-refractivity contribution < 1.29 is 32.2 Å². The minimum Gasteiger partial charge on any atom is -0.493 e. The number of benzene rings is 3. The second kappa shape index (κ2) is 12.0. The van der Waals surface area contributed by atoms with Crippen molar-refractivity contribution in [3.63, 3.8) is 0 Å². The molecule has 3 aromatic rings. The molecule has 0 aromatic heterocycles. The van der Waals surface area contributed by atoms with Gasteiger partial charge in [0.25, 0.3) is 10.0 Å². The second-order valence-electron chi connectivity index (χ2n) is 7.82. The van der Waals surface area contributed by atoms with Crippen LogP contribution in [0.5, 0.6) is 11.5 Å². The van der Waals surface area contributed by atoms with E-state index in [1.54, 1.807) is 36.4 Å². The summed E-state index contributed by atoms with van der Waals surface area (Å²) in [6, 6.07) is 16.0. The average molecular weight is 545 g/mol. The molecule has 11 heteroatoms. The van der Waals surface area contributed by atoms with Gasteiger partial charge < -0.3 is 19.5 Å².